The van der Waals surface area contributed by atoms with Crippen molar-refractivity contribution in [2.75, 3.05) is 19.6 Å². The number of rotatable bonds is 3. The smallest absolute Gasteiger partial charge is 0.291 e. The van der Waals surface area contributed by atoms with Gasteiger partial charge in [-0.15, -0.1) is 5.10 Å². The molecule has 0 bridgehead atoms. The summed E-state index contributed by atoms with van der Waals surface area (Å²) in [6.45, 7) is 3.29. The van der Waals surface area contributed by atoms with Crippen molar-refractivity contribution in [2.45, 2.75) is 19.8 Å². The minimum atomic E-state index is -0.429. The van der Waals surface area contributed by atoms with E-state index in [1.165, 1.54) is 0 Å². The van der Waals surface area contributed by atoms with Gasteiger partial charge < -0.3 is 10.2 Å². The molecule has 92 valence electrons. The Kier molecular flexibility index (Phi) is 3.36. The van der Waals surface area contributed by atoms with Gasteiger partial charge in [0, 0.05) is 13.1 Å². The molecule has 1 saturated heterocycles. The minimum Gasteiger partial charge on any atom is -0.341 e. The van der Waals surface area contributed by atoms with E-state index in [4.69, 9.17) is 0 Å². The van der Waals surface area contributed by atoms with Crippen molar-refractivity contribution in [3.8, 4) is 0 Å². The zero-order chi connectivity index (χ0) is 12.3. The van der Waals surface area contributed by atoms with Crippen molar-refractivity contribution in [1.82, 2.24) is 25.4 Å². The number of aromatic amines is 1. The summed E-state index contributed by atoms with van der Waals surface area (Å²) in [5.41, 5.74) is 0. The van der Waals surface area contributed by atoms with E-state index in [1.807, 2.05) is 0 Å². The van der Waals surface area contributed by atoms with E-state index in [0.717, 1.165) is 25.9 Å². The molecule has 0 unspecified atom stereocenters. The van der Waals surface area contributed by atoms with Gasteiger partial charge in [0.15, 0.2) is 0 Å². The first-order chi connectivity index (χ1) is 8.16. The Morgan fingerprint density at radius 1 is 1.41 bits per heavy atom. The molecule has 0 spiro atoms. The fourth-order valence-corrected chi connectivity index (χ4v) is 1.76. The molecule has 2 heterocycles. The van der Waals surface area contributed by atoms with Crippen molar-refractivity contribution in [1.29, 1.82) is 0 Å². The lowest BCUT2D eigenvalue weighted by Crippen LogP contribution is -2.38. The van der Waals surface area contributed by atoms with Crippen LogP contribution in [0.2, 0.25) is 0 Å². The highest BCUT2D eigenvalue weighted by Crippen LogP contribution is 2.06. The molecule has 0 aromatic carbocycles. The highest BCUT2D eigenvalue weighted by molar-refractivity contribution is 5.93. The van der Waals surface area contributed by atoms with Gasteiger partial charge in [-0.25, -0.2) is 4.98 Å². The van der Waals surface area contributed by atoms with Gasteiger partial charge >= 0.3 is 0 Å². The number of nitrogens with zero attached hydrogens (tertiary/aromatic N) is 3. The summed E-state index contributed by atoms with van der Waals surface area (Å²) >= 11 is 0. The summed E-state index contributed by atoms with van der Waals surface area (Å²) in [5.74, 6) is 0.155. The Hall–Kier alpha value is -1.92. The van der Waals surface area contributed by atoms with E-state index in [0.29, 0.717) is 5.82 Å². The third kappa shape index (κ3) is 2.80. The molecule has 7 nitrogen and oxygen atoms in total. The third-order valence-electron chi connectivity index (χ3n) is 2.66. The van der Waals surface area contributed by atoms with Crippen molar-refractivity contribution >= 4 is 11.8 Å². The quantitative estimate of drug-likeness (QED) is 0.739. The maximum absolute atomic E-state index is 11.6. The highest BCUT2D eigenvalue weighted by Gasteiger charge is 2.19. The molecule has 1 fully saturated rings. The molecule has 0 saturated carbocycles. The van der Waals surface area contributed by atoms with Crippen molar-refractivity contribution in [3.63, 3.8) is 0 Å². The normalized spacial score (nSPS) is 15.0. The van der Waals surface area contributed by atoms with Crippen LogP contribution in [0.15, 0.2) is 0 Å². The Morgan fingerprint density at radius 3 is 2.71 bits per heavy atom. The number of amides is 2. The summed E-state index contributed by atoms with van der Waals surface area (Å²) < 4.78 is 0. The van der Waals surface area contributed by atoms with Crippen LogP contribution in [0.1, 0.15) is 29.3 Å². The average molecular weight is 237 g/mol. The van der Waals surface area contributed by atoms with E-state index in [-0.39, 0.29) is 18.3 Å². The Bertz CT molecular complexity index is 422. The van der Waals surface area contributed by atoms with Crippen molar-refractivity contribution in [2.24, 2.45) is 0 Å². The molecule has 2 N–H and O–H groups in total. The third-order valence-corrected chi connectivity index (χ3v) is 2.66. The monoisotopic (exact) mass is 237 g/mol. The molecule has 2 rings (SSSR count). The lowest BCUT2D eigenvalue weighted by molar-refractivity contribution is -0.129. The molecule has 1 aliphatic heterocycles. The first-order valence-electron chi connectivity index (χ1n) is 5.62. The second-order valence-corrected chi connectivity index (χ2v) is 4.01. The van der Waals surface area contributed by atoms with E-state index in [2.05, 4.69) is 20.5 Å². The molecule has 0 atom stereocenters. The van der Waals surface area contributed by atoms with Crippen LogP contribution >= 0.6 is 0 Å². The number of aryl methyl sites for hydroxylation is 1. The van der Waals surface area contributed by atoms with Gasteiger partial charge in [0.1, 0.15) is 5.82 Å². The molecule has 17 heavy (non-hydrogen) atoms. The van der Waals surface area contributed by atoms with E-state index < -0.39 is 5.91 Å². The topological polar surface area (TPSA) is 91.0 Å². The van der Waals surface area contributed by atoms with Gasteiger partial charge in [0.25, 0.3) is 5.91 Å². The van der Waals surface area contributed by atoms with Crippen LogP contribution in [-0.4, -0.2) is 51.5 Å². The van der Waals surface area contributed by atoms with Crippen LogP contribution in [0.25, 0.3) is 0 Å². The summed E-state index contributed by atoms with van der Waals surface area (Å²) in [6.07, 6.45) is 2.08. The zero-order valence-electron chi connectivity index (χ0n) is 9.69. The number of nitrogens with one attached hydrogen (secondary N) is 2. The molecule has 0 aliphatic carbocycles. The van der Waals surface area contributed by atoms with Gasteiger partial charge in [-0.3, -0.25) is 14.7 Å². The second-order valence-electron chi connectivity index (χ2n) is 4.01. The summed E-state index contributed by atoms with van der Waals surface area (Å²) in [4.78, 5) is 28.8. The van der Waals surface area contributed by atoms with Crippen LogP contribution in [0.3, 0.4) is 0 Å². The highest BCUT2D eigenvalue weighted by atomic mass is 16.2. The van der Waals surface area contributed by atoms with Gasteiger partial charge in [-0.2, -0.15) is 0 Å². The van der Waals surface area contributed by atoms with E-state index in [1.54, 1.807) is 11.8 Å². The fourth-order valence-electron chi connectivity index (χ4n) is 1.76. The van der Waals surface area contributed by atoms with Crippen LogP contribution in [-0.2, 0) is 4.79 Å². The summed E-state index contributed by atoms with van der Waals surface area (Å²) in [6, 6.07) is 0. The minimum absolute atomic E-state index is 0.00637. The molecule has 1 aromatic rings. The molecular formula is C10H15N5O2. The number of likely N-dealkylation sites (tertiary alicyclic amines) is 1. The van der Waals surface area contributed by atoms with Crippen LogP contribution in [0.4, 0.5) is 0 Å². The first-order valence-corrected chi connectivity index (χ1v) is 5.62. The van der Waals surface area contributed by atoms with E-state index >= 15 is 0 Å². The molecular weight excluding hydrogens is 222 g/mol. The molecule has 0 radical (unpaired) electrons. The SMILES string of the molecule is Cc1nc(C(=O)NCC(=O)N2CCCC2)n[nH]1. The maximum Gasteiger partial charge on any atom is 0.291 e. The second kappa shape index (κ2) is 4.94. The van der Waals surface area contributed by atoms with Gasteiger partial charge in [-0.05, 0) is 19.8 Å². The Balaban J connectivity index is 1.81. The number of H-pyrrole nitrogens is 1. The standard InChI is InChI=1S/C10H15N5O2/c1-7-12-9(14-13-7)10(17)11-6-8(16)15-4-2-3-5-15/h2-6H2,1H3,(H,11,17)(H,12,13,14). The van der Waals surface area contributed by atoms with Gasteiger partial charge in [0.2, 0.25) is 11.7 Å². The fraction of sp³-hybridized carbons (Fsp3) is 0.600. The van der Waals surface area contributed by atoms with E-state index in [9.17, 15) is 9.59 Å². The zero-order valence-corrected chi connectivity index (χ0v) is 9.69. The predicted octanol–water partition coefficient (Wildman–Crippen LogP) is -0.535. The predicted molar refractivity (Wildman–Crippen MR) is 59.3 cm³/mol. The van der Waals surface area contributed by atoms with Crippen molar-refractivity contribution < 1.29 is 9.59 Å². The molecule has 2 amide bonds. The number of carbonyl (C=O) groups excluding carboxylic acids is 2. The van der Waals surface area contributed by atoms with Crippen LogP contribution in [0, 0.1) is 6.92 Å². The Morgan fingerprint density at radius 2 is 2.12 bits per heavy atom. The number of carbonyl (C=O) groups is 2. The van der Waals surface area contributed by atoms with Crippen LogP contribution < -0.4 is 5.32 Å². The largest absolute Gasteiger partial charge is 0.341 e. The molecule has 1 aromatic heterocycles. The van der Waals surface area contributed by atoms with Gasteiger partial charge in [0.05, 0.1) is 6.54 Å². The Labute approximate surface area is 98.6 Å². The lowest BCUT2D eigenvalue weighted by Gasteiger charge is -2.14. The summed E-state index contributed by atoms with van der Waals surface area (Å²) in [7, 11) is 0. The number of hydrogen-bond acceptors (Lipinski definition) is 4. The molecule has 1 aliphatic rings. The molecule has 7 heteroatoms. The number of hydrogen-bond donors (Lipinski definition) is 2. The summed E-state index contributed by atoms with van der Waals surface area (Å²) in [5, 5.41) is 8.81. The average Bonchev–Trinajstić information content (AvgIpc) is 2.95. The lowest BCUT2D eigenvalue weighted by atomic mass is 10.4. The first kappa shape index (κ1) is 11.6. The van der Waals surface area contributed by atoms with Gasteiger partial charge in [-0.1, -0.05) is 0 Å². The van der Waals surface area contributed by atoms with Crippen molar-refractivity contribution in [3.05, 3.63) is 11.6 Å². The number of aromatic nitrogens is 3. The van der Waals surface area contributed by atoms with Crippen LogP contribution in [0.5, 0.6) is 0 Å². The maximum atomic E-state index is 11.6.